The molecule has 7 heteroatoms. The van der Waals surface area contributed by atoms with E-state index in [1.165, 1.54) is 0 Å². The van der Waals surface area contributed by atoms with Crippen LogP contribution in [-0.4, -0.2) is 22.1 Å². The van der Waals surface area contributed by atoms with Crippen molar-refractivity contribution in [2.45, 2.75) is 64.5 Å². The van der Waals surface area contributed by atoms with Crippen LogP contribution >= 0.6 is 23.7 Å². The number of aromatic nitrogens is 2. The third kappa shape index (κ3) is 5.20. The minimum absolute atomic E-state index is 0. The zero-order chi connectivity index (χ0) is 14.8. The topological polar surface area (TPSA) is 80.9 Å². The minimum Gasteiger partial charge on any atom is -0.350 e. The molecule has 1 aromatic rings. The van der Waals surface area contributed by atoms with Crippen molar-refractivity contribution in [1.29, 1.82) is 0 Å². The van der Waals surface area contributed by atoms with Gasteiger partial charge in [0.15, 0.2) is 0 Å². The van der Waals surface area contributed by atoms with Crippen LogP contribution < -0.4 is 11.1 Å². The molecule has 0 bridgehead atoms. The number of halogens is 1. The van der Waals surface area contributed by atoms with Crippen LogP contribution in [0, 0.1) is 5.92 Å². The van der Waals surface area contributed by atoms with E-state index in [4.69, 9.17) is 5.73 Å². The van der Waals surface area contributed by atoms with Crippen LogP contribution in [0.2, 0.25) is 0 Å². The van der Waals surface area contributed by atoms with E-state index in [0.29, 0.717) is 18.9 Å². The molecule has 3 N–H and O–H groups in total. The average molecular weight is 333 g/mol. The van der Waals surface area contributed by atoms with Crippen LogP contribution in [0.15, 0.2) is 0 Å². The highest BCUT2D eigenvalue weighted by molar-refractivity contribution is 7.11. The highest BCUT2D eigenvalue weighted by atomic mass is 35.5. The molecule has 21 heavy (non-hydrogen) atoms. The Morgan fingerprint density at radius 3 is 2.62 bits per heavy atom. The van der Waals surface area contributed by atoms with Gasteiger partial charge >= 0.3 is 0 Å². The van der Waals surface area contributed by atoms with E-state index in [0.717, 1.165) is 29.3 Å². The molecule has 1 aliphatic rings. The van der Waals surface area contributed by atoms with Gasteiger partial charge in [0.2, 0.25) is 5.91 Å². The Labute approximate surface area is 136 Å². The number of nitrogens with one attached hydrogen (secondary N) is 1. The van der Waals surface area contributed by atoms with E-state index in [-0.39, 0.29) is 29.8 Å². The summed E-state index contributed by atoms with van der Waals surface area (Å²) in [6.07, 6.45) is 3.79. The largest absolute Gasteiger partial charge is 0.350 e. The summed E-state index contributed by atoms with van der Waals surface area (Å²) >= 11 is 1.56. The molecule has 1 heterocycles. The second-order valence-corrected chi connectivity index (χ2v) is 7.65. The summed E-state index contributed by atoms with van der Waals surface area (Å²) in [4.78, 5) is 11.9. The molecule has 120 valence electrons. The maximum absolute atomic E-state index is 11.9. The van der Waals surface area contributed by atoms with Crippen LogP contribution in [-0.2, 0) is 16.8 Å². The first-order valence-corrected chi connectivity index (χ1v) is 8.03. The van der Waals surface area contributed by atoms with Gasteiger partial charge in [0, 0.05) is 17.9 Å². The van der Waals surface area contributed by atoms with Gasteiger partial charge in [-0.1, -0.05) is 38.5 Å². The maximum Gasteiger partial charge on any atom is 0.220 e. The van der Waals surface area contributed by atoms with Crippen LogP contribution in [0.1, 0.15) is 56.5 Å². The molecule has 0 aromatic carbocycles. The molecule has 0 radical (unpaired) electrons. The first-order valence-electron chi connectivity index (χ1n) is 7.21. The van der Waals surface area contributed by atoms with Gasteiger partial charge in [-0.25, -0.2) is 0 Å². The molecule has 1 fully saturated rings. The maximum atomic E-state index is 11.9. The summed E-state index contributed by atoms with van der Waals surface area (Å²) in [5.41, 5.74) is 6.00. The van der Waals surface area contributed by atoms with Crippen molar-refractivity contribution >= 4 is 29.7 Å². The smallest absolute Gasteiger partial charge is 0.220 e. The van der Waals surface area contributed by atoms with Crippen LogP contribution in [0.3, 0.4) is 0 Å². The molecule has 5 nitrogen and oxygen atoms in total. The lowest BCUT2D eigenvalue weighted by Gasteiger charge is -2.14. The summed E-state index contributed by atoms with van der Waals surface area (Å²) in [5.74, 6) is 0.411. The Morgan fingerprint density at radius 1 is 1.38 bits per heavy atom. The quantitative estimate of drug-likeness (QED) is 0.887. The van der Waals surface area contributed by atoms with Crippen molar-refractivity contribution in [2.24, 2.45) is 11.7 Å². The number of carbonyl (C=O) groups excluding carboxylic acids is 1. The van der Waals surface area contributed by atoms with Crippen LogP contribution in [0.5, 0.6) is 0 Å². The minimum atomic E-state index is 0. The average Bonchev–Trinajstić information content (AvgIpc) is 2.96. The van der Waals surface area contributed by atoms with Gasteiger partial charge in [0.25, 0.3) is 0 Å². The predicted molar refractivity (Wildman–Crippen MR) is 87.6 cm³/mol. The van der Waals surface area contributed by atoms with Gasteiger partial charge in [0.05, 0.1) is 6.54 Å². The zero-order valence-corrected chi connectivity index (χ0v) is 14.5. The van der Waals surface area contributed by atoms with Gasteiger partial charge in [-0.05, 0) is 18.8 Å². The zero-order valence-electron chi connectivity index (χ0n) is 12.9. The fourth-order valence-corrected chi connectivity index (χ4v) is 3.27. The summed E-state index contributed by atoms with van der Waals surface area (Å²) in [6, 6.07) is 0.190. The van der Waals surface area contributed by atoms with Crippen molar-refractivity contribution in [1.82, 2.24) is 15.5 Å². The number of hydrogen-bond acceptors (Lipinski definition) is 5. The summed E-state index contributed by atoms with van der Waals surface area (Å²) in [7, 11) is 0. The summed E-state index contributed by atoms with van der Waals surface area (Å²) in [5, 5.41) is 13.1. The van der Waals surface area contributed by atoms with E-state index in [2.05, 4.69) is 36.3 Å². The molecule has 0 aliphatic heterocycles. The standard InChI is InChI=1S/C14H24N4OS.ClH/c1-14(2,3)13-18-17-12(20-13)8-16-11(19)7-9-5-4-6-10(9)15;/h9-10H,4-8,15H2,1-3H3,(H,16,19);1H/t9-,10+;/m0./s1. The number of nitrogens with two attached hydrogens (primary N) is 1. The monoisotopic (exact) mass is 332 g/mol. The molecule has 0 unspecified atom stereocenters. The van der Waals surface area contributed by atoms with E-state index in [9.17, 15) is 4.79 Å². The second-order valence-electron chi connectivity index (χ2n) is 6.59. The van der Waals surface area contributed by atoms with Gasteiger partial charge in [-0.2, -0.15) is 0 Å². The fourth-order valence-electron chi connectivity index (χ4n) is 2.43. The lowest BCUT2D eigenvalue weighted by molar-refractivity contribution is -0.122. The Kier molecular flexibility index (Phi) is 6.56. The molecular formula is C14H25ClN4OS. The third-order valence-electron chi connectivity index (χ3n) is 3.71. The first kappa shape index (κ1) is 18.3. The van der Waals surface area contributed by atoms with Crippen molar-refractivity contribution in [2.75, 3.05) is 0 Å². The van der Waals surface area contributed by atoms with Crippen molar-refractivity contribution in [3.05, 3.63) is 10.0 Å². The SMILES string of the molecule is CC(C)(C)c1nnc(CNC(=O)C[C@@H]2CCC[C@H]2N)s1.Cl. The predicted octanol–water partition coefficient (Wildman–Crippen LogP) is 2.39. The molecule has 1 aliphatic carbocycles. The Balaban J connectivity index is 0.00000220. The van der Waals surface area contributed by atoms with Crippen molar-refractivity contribution < 1.29 is 4.79 Å². The normalized spacial score (nSPS) is 21.9. The molecule has 1 aromatic heterocycles. The lowest BCUT2D eigenvalue weighted by Crippen LogP contribution is -2.31. The van der Waals surface area contributed by atoms with Crippen molar-refractivity contribution in [3.63, 3.8) is 0 Å². The van der Waals surface area contributed by atoms with Gasteiger partial charge < -0.3 is 11.1 Å². The molecular weight excluding hydrogens is 308 g/mol. The molecule has 0 spiro atoms. The molecule has 2 atom stereocenters. The molecule has 0 saturated heterocycles. The number of carbonyl (C=O) groups is 1. The lowest BCUT2D eigenvalue weighted by atomic mass is 9.98. The highest BCUT2D eigenvalue weighted by Crippen LogP contribution is 2.27. The molecule has 1 amide bonds. The van der Waals surface area contributed by atoms with Gasteiger partial charge in [0.1, 0.15) is 10.0 Å². The van der Waals surface area contributed by atoms with E-state index in [1.807, 2.05) is 0 Å². The van der Waals surface area contributed by atoms with E-state index < -0.39 is 0 Å². The van der Waals surface area contributed by atoms with Crippen LogP contribution in [0.4, 0.5) is 0 Å². The summed E-state index contributed by atoms with van der Waals surface area (Å²) in [6.45, 7) is 6.79. The fraction of sp³-hybridized carbons (Fsp3) is 0.786. The third-order valence-corrected chi connectivity index (χ3v) is 5.06. The number of hydrogen-bond donors (Lipinski definition) is 2. The van der Waals surface area contributed by atoms with Crippen molar-refractivity contribution in [3.8, 4) is 0 Å². The van der Waals surface area contributed by atoms with E-state index >= 15 is 0 Å². The Morgan fingerprint density at radius 2 is 2.10 bits per heavy atom. The summed E-state index contributed by atoms with van der Waals surface area (Å²) < 4.78 is 0. The van der Waals surface area contributed by atoms with E-state index in [1.54, 1.807) is 11.3 Å². The number of rotatable bonds is 4. The van der Waals surface area contributed by atoms with Gasteiger partial charge in [-0.3, -0.25) is 4.79 Å². The number of nitrogens with zero attached hydrogens (tertiary/aromatic N) is 2. The number of amides is 1. The first-order chi connectivity index (χ1) is 9.36. The second kappa shape index (κ2) is 7.51. The van der Waals surface area contributed by atoms with Crippen LogP contribution in [0.25, 0.3) is 0 Å². The Bertz CT molecular complexity index is 472. The van der Waals surface area contributed by atoms with Gasteiger partial charge in [-0.15, -0.1) is 22.6 Å². The molecule has 2 rings (SSSR count). The highest BCUT2D eigenvalue weighted by Gasteiger charge is 2.26. The Hall–Kier alpha value is -0.720. The molecule has 1 saturated carbocycles.